The predicted molar refractivity (Wildman–Crippen MR) is 48.4 cm³/mol. The average Bonchev–Trinajstić information content (AvgIpc) is 2.62. The van der Waals surface area contributed by atoms with Gasteiger partial charge in [0, 0.05) is 18.0 Å². The van der Waals surface area contributed by atoms with Crippen LogP contribution in [0.25, 0.3) is 11.4 Å². The number of nitrogen functional groups attached to an aromatic ring is 1. The Morgan fingerprint density at radius 3 is 2.85 bits per heavy atom. The summed E-state index contributed by atoms with van der Waals surface area (Å²) in [5, 5.41) is 0. The molecule has 0 atom stereocenters. The number of nitrogens with two attached hydrogens (primary N) is 1. The summed E-state index contributed by atoms with van der Waals surface area (Å²) in [7, 11) is 0. The summed E-state index contributed by atoms with van der Waals surface area (Å²) in [5.74, 6) is 0.216. The van der Waals surface area contributed by atoms with Gasteiger partial charge in [-0.1, -0.05) is 0 Å². The molecule has 13 heavy (non-hydrogen) atoms. The Hall–Kier alpha value is -1.84. The molecule has 0 amide bonds. The Kier molecular flexibility index (Phi) is 1.73. The zero-order chi connectivity index (χ0) is 9.26. The first-order chi connectivity index (χ1) is 6.27. The number of H-pyrrole nitrogens is 1. The minimum atomic E-state index is -0.422. The van der Waals surface area contributed by atoms with E-state index in [1.54, 1.807) is 18.5 Å². The first kappa shape index (κ1) is 7.79. The smallest absolute Gasteiger partial charge is 0.146 e. The van der Waals surface area contributed by atoms with Gasteiger partial charge in [-0.25, -0.2) is 9.37 Å². The molecule has 3 nitrogen and oxygen atoms in total. The number of rotatable bonds is 1. The normalized spacial score (nSPS) is 10.2. The standard InChI is InChI=1S/C9H8FN3/c10-7-5-6(1-2-8(7)11)9-12-3-4-13-9/h1-5H,11H2,(H,12,13). The van der Waals surface area contributed by atoms with Crippen LogP contribution < -0.4 is 5.73 Å². The van der Waals surface area contributed by atoms with E-state index in [9.17, 15) is 4.39 Å². The molecular formula is C9H8FN3. The summed E-state index contributed by atoms with van der Waals surface area (Å²) in [6.45, 7) is 0. The van der Waals surface area contributed by atoms with Crippen molar-refractivity contribution in [1.82, 2.24) is 9.97 Å². The second kappa shape index (κ2) is 2.90. The maximum Gasteiger partial charge on any atom is 0.146 e. The fraction of sp³-hybridized carbons (Fsp3) is 0. The van der Waals surface area contributed by atoms with Gasteiger partial charge in [0.15, 0.2) is 0 Å². The van der Waals surface area contributed by atoms with Crippen LogP contribution in [0.15, 0.2) is 30.6 Å². The third kappa shape index (κ3) is 1.38. The van der Waals surface area contributed by atoms with Crippen molar-refractivity contribution < 1.29 is 4.39 Å². The molecule has 1 heterocycles. The maximum atomic E-state index is 13.0. The van der Waals surface area contributed by atoms with Gasteiger partial charge >= 0.3 is 0 Å². The van der Waals surface area contributed by atoms with E-state index in [-0.39, 0.29) is 5.69 Å². The third-order valence-corrected chi connectivity index (χ3v) is 1.77. The third-order valence-electron chi connectivity index (χ3n) is 1.77. The van der Waals surface area contributed by atoms with Crippen molar-refractivity contribution in [3.8, 4) is 11.4 Å². The van der Waals surface area contributed by atoms with Crippen LogP contribution in [0.5, 0.6) is 0 Å². The molecule has 1 aromatic heterocycles. The molecule has 4 heteroatoms. The number of aromatic nitrogens is 2. The van der Waals surface area contributed by atoms with Crippen LogP contribution in [-0.4, -0.2) is 9.97 Å². The summed E-state index contributed by atoms with van der Waals surface area (Å²) in [4.78, 5) is 6.88. The highest BCUT2D eigenvalue weighted by atomic mass is 19.1. The second-order valence-electron chi connectivity index (χ2n) is 2.67. The number of nitrogens with one attached hydrogen (secondary N) is 1. The molecule has 0 aliphatic heterocycles. The number of anilines is 1. The van der Waals surface area contributed by atoms with E-state index >= 15 is 0 Å². The van der Waals surface area contributed by atoms with Gasteiger partial charge in [-0.15, -0.1) is 0 Å². The van der Waals surface area contributed by atoms with E-state index in [4.69, 9.17) is 5.73 Å². The Balaban J connectivity index is 2.49. The van der Waals surface area contributed by atoms with Crippen LogP contribution in [0.3, 0.4) is 0 Å². The summed E-state index contributed by atoms with van der Waals surface area (Å²) in [6, 6.07) is 4.60. The molecule has 3 N–H and O–H groups in total. The molecule has 0 aliphatic carbocycles. The fourth-order valence-electron chi connectivity index (χ4n) is 1.10. The van der Waals surface area contributed by atoms with Gasteiger partial charge in [0.25, 0.3) is 0 Å². The van der Waals surface area contributed by atoms with Crippen LogP contribution in [-0.2, 0) is 0 Å². The zero-order valence-corrected chi connectivity index (χ0v) is 6.79. The molecule has 0 radical (unpaired) electrons. The van der Waals surface area contributed by atoms with Crippen LogP contribution in [0, 0.1) is 5.82 Å². The molecular weight excluding hydrogens is 169 g/mol. The molecule has 0 aliphatic rings. The van der Waals surface area contributed by atoms with Crippen molar-refractivity contribution in [2.24, 2.45) is 0 Å². The van der Waals surface area contributed by atoms with Gasteiger partial charge < -0.3 is 10.7 Å². The highest BCUT2D eigenvalue weighted by Gasteiger charge is 2.03. The molecule has 0 saturated carbocycles. The van der Waals surface area contributed by atoms with Crippen molar-refractivity contribution in [2.75, 3.05) is 5.73 Å². The first-order valence-corrected chi connectivity index (χ1v) is 3.82. The molecule has 66 valence electrons. The summed E-state index contributed by atoms with van der Waals surface area (Å²) >= 11 is 0. The van der Waals surface area contributed by atoms with Crippen molar-refractivity contribution in [3.63, 3.8) is 0 Å². The Morgan fingerprint density at radius 1 is 1.38 bits per heavy atom. The van der Waals surface area contributed by atoms with Crippen LogP contribution in [0.4, 0.5) is 10.1 Å². The van der Waals surface area contributed by atoms with E-state index in [2.05, 4.69) is 9.97 Å². The van der Waals surface area contributed by atoms with Crippen molar-refractivity contribution >= 4 is 5.69 Å². The number of hydrogen-bond donors (Lipinski definition) is 2. The van der Waals surface area contributed by atoms with Gasteiger partial charge in [0.1, 0.15) is 11.6 Å². The van der Waals surface area contributed by atoms with Crippen molar-refractivity contribution in [3.05, 3.63) is 36.4 Å². The minimum Gasteiger partial charge on any atom is -0.396 e. The van der Waals surface area contributed by atoms with E-state index in [1.165, 1.54) is 12.1 Å². The van der Waals surface area contributed by atoms with Crippen molar-refractivity contribution in [1.29, 1.82) is 0 Å². The minimum absolute atomic E-state index is 0.148. The molecule has 0 unspecified atom stereocenters. The first-order valence-electron chi connectivity index (χ1n) is 3.82. The van der Waals surface area contributed by atoms with Gasteiger partial charge in [0.2, 0.25) is 0 Å². The number of aromatic amines is 1. The maximum absolute atomic E-state index is 13.0. The van der Waals surface area contributed by atoms with Crippen LogP contribution in [0.1, 0.15) is 0 Å². The van der Waals surface area contributed by atoms with Gasteiger partial charge in [-0.3, -0.25) is 0 Å². The van der Waals surface area contributed by atoms with E-state index in [0.29, 0.717) is 11.4 Å². The Morgan fingerprint density at radius 2 is 2.23 bits per heavy atom. The number of imidazole rings is 1. The number of halogens is 1. The van der Waals surface area contributed by atoms with E-state index in [0.717, 1.165) is 0 Å². The van der Waals surface area contributed by atoms with Crippen molar-refractivity contribution in [2.45, 2.75) is 0 Å². The highest BCUT2D eigenvalue weighted by Crippen LogP contribution is 2.19. The lowest BCUT2D eigenvalue weighted by Gasteiger charge is -1.99. The lowest BCUT2D eigenvalue weighted by Crippen LogP contribution is -1.90. The number of hydrogen-bond acceptors (Lipinski definition) is 2. The Bertz CT molecular complexity index is 409. The van der Waals surface area contributed by atoms with Crippen LogP contribution >= 0.6 is 0 Å². The number of benzene rings is 1. The van der Waals surface area contributed by atoms with Gasteiger partial charge in [0.05, 0.1) is 5.69 Å². The Labute approximate surface area is 74.4 Å². The molecule has 1 aromatic carbocycles. The lowest BCUT2D eigenvalue weighted by atomic mass is 10.2. The lowest BCUT2D eigenvalue weighted by molar-refractivity contribution is 0.633. The average molecular weight is 177 g/mol. The molecule has 0 fully saturated rings. The molecule has 2 rings (SSSR count). The van der Waals surface area contributed by atoms with Gasteiger partial charge in [-0.05, 0) is 18.2 Å². The highest BCUT2D eigenvalue weighted by molar-refractivity contribution is 5.59. The summed E-state index contributed by atoms with van der Waals surface area (Å²) in [5.41, 5.74) is 6.18. The molecule has 0 bridgehead atoms. The summed E-state index contributed by atoms with van der Waals surface area (Å²) in [6.07, 6.45) is 3.30. The van der Waals surface area contributed by atoms with E-state index in [1.807, 2.05) is 0 Å². The molecule has 0 spiro atoms. The second-order valence-corrected chi connectivity index (χ2v) is 2.67. The fourth-order valence-corrected chi connectivity index (χ4v) is 1.10. The molecule has 2 aromatic rings. The zero-order valence-electron chi connectivity index (χ0n) is 6.79. The van der Waals surface area contributed by atoms with Gasteiger partial charge in [-0.2, -0.15) is 0 Å². The molecule has 0 saturated heterocycles. The largest absolute Gasteiger partial charge is 0.396 e. The monoisotopic (exact) mass is 177 g/mol. The number of nitrogens with zero attached hydrogens (tertiary/aromatic N) is 1. The summed E-state index contributed by atoms with van der Waals surface area (Å²) < 4.78 is 13.0. The van der Waals surface area contributed by atoms with E-state index < -0.39 is 5.82 Å². The topological polar surface area (TPSA) is 54.7 Å². The SMILES string of the molecule is Nc1ccc(-c2ncc[nH]2)cc1F. The predicted octanol–water partition coefficient (Wildman–Crippen LogP) is 1.80. The van der Waals surface area contributed by atoms with Crippen LogP contribution in [0.2, 0.25) is 0 Å². The quantitative estimate of drug-likeness (QED) is 0.652.